The zero-order chi connectivity index (χ0) is 49.9. The minimum atomic E-state index is 0.435. The largest absolute Gasteiger partial charge is 0.338 e. The van der Waals surface area contributed by atoms with Gasteiger partial charge in [-0.1, -0.05) is 171 Å². The van der Waals surface area contributed by atoms with Gasteiger partial charge < -0.3 is 14.4 Å². The Kier molecular flexibility index (Phi) is 12.3. The van der Waals surface area contributed by atoms with Crippen molar-refractivity contribution < 1.29 is 0 Å². The highest BCUT2D eigenvalue weighted by atomic mass is 15.2. The van der Waals surface area contributed by atoms with Crippen LogP contribution in [0.1, 0.15) is 32.1 Å². The van der Waals surface area contributed by atoms with Crippen molar-refractivity contribution in [2.75, 3.05) is 9.80 Å². The van der Waals surface area contributed by atoms with Gasteiger partial charge in [-0.2, -0.15) is 0 Å². The average molecular weight is 966 g/mol. The number of benzene rings is 9. The first-order valence-electron chi connectivity index (χ1n) is 26.3. The molecule has 1 aliphatic rings. The molecule has 5 nitrogen and oxygen atoms in total. The fourth-order valence-corrected chi connectivity index (χ4v) is 11.3. The van der Waals surface area contributed by atoms with E-state index in [-0.39, 0.29) is 0 Å². The maximum Gasteiger partial charge on any atom is 0.0715 e. The molecule has 1 aliphatic carbocycles. The number of para-hydroxylation sites is 3. The lowest BCUT2D eigenvalue weighted by molar-refractivity contribution is 0.436. The molecule has 0 atom stereocenters. The van der Waals surface area contributed by atoms with Crippen molar-refractivity contribution in [1.29, 1.82) is 0 Å². The second-order valence-corrected chi connectivity index (χ2v) is 19.6. The van der Waals surface area contributed by atoms with Crippen molar-refractivity contribution in [3.8, 4) is 61.8 Å². The van der Waals surface area contributed by atoms with Crippen LogP contribution in [0, 0.1) is 0 Å². The summed E-state index contributed by atoms with van der Waals surface area (Å²) < 4.78 is 2.45. The molecule has 1 fully saturated rings. The first-order valence-corrected chi connectivity index (χ1v) is 26.3. The van der Waals surface area contributed by atoms with Crippen LogP contribution < -0.4 is 9.80 Å². The van der Waals surface area contributed by atoms with Gasteiger partial charge in [0.1, 0.15) is 0 Å². The third-order valence-corrected chi connectivity index (χ3v) is 14.9. The van der Waals surface area contributed by atoms with Crippen LogP contribution in [0.15, 0.2) is 267 Å². The lowest BCUT2D eigenvalue weighted by Crippen LogP contribution is -2.32. The highest BCUT2D eigenvalue weighted by Crippen LogP contribution is 2.44. The van der Waals surface area contributed by atoms with Gasteiger partial charge in [-0.25, -0.2) is 9.97 Å². The topological polar surface area (TPSA) is 37.2 Å². The number of anilines is 5. The van der Waals surface area contributed by atoms with Crippen LogP contribution >= 0.6 is 0 Å². The third kappa shape index (κ3) is 9.04. The van der Waals surface area contributed by atoms with Crippen molar-refractivity contribution in [3.63, 3.8) is 0 Å². The standard InChI is InChI=1S/C70H55N5/c1-7-21-51(22-8-1)65-33-19-35-67(71-65)53-39-44-61(68-36-20-34-66(72-68)52-23-9-2-10-24-52)62(47-53)50-37-40-58(41-38-50)75-69-45-42-59(73(54-25-11-3-12-26-54)55-27-13-4-14-28-55)48-63(69)64-49-60(43-46-70(64)75)74(56-29-15-5-16-30-56)57-31-17-6-18-32-57/h1-5,7-16,19-30,33-49,57H,6,17-18,31-32H2. The van der Waals surface area contributed by atoms with Crippen molar-refractivity contribution in [3.05, 3.63) is 267 Å². The first kappa shape index (κ1) is 45.5. The molecule has 0 bridgehead atoms. The van der Waals surface area contributed by atoms with Gasteiger partial charge >= 0.3 is 0 Å². The van der Waals surface area contributed by atoms with Crippen molar-refractivity contribution in [2.45, 2.75) is 38.1 Å². The predicted molar refractivity (Wildman–Crippen MR) is 314 cm³/mol. The molecule has 3 heterocycles. The summed E-state index contributed by atoms with van der Waals surface area (Å²) in [5.41, 5.74) is 19.4. The summed E-state index contributed by atoms with van der Waals surface area (Å²) in [4.78, 5) is 15.5. The second kappa shape index (κ2) is 20.3. The molecular weight excluding hydrogens is 911 g/mol. The molecule has 13 rings (SSSR count). The van der Waals surface area contributed by atoms with Gasteiger partial charge in [0.15, 0.2) is 0 Å². The molecule has 0 spiro atoms. The fraction of sp³-hybridized carbons (Fsp3) is 0.0857. The van der Waals surface area contributed by atoms with E-state index >= 15 is 0 Å². The molecule has 0 N–H and O–H groups in total. The number of hydrogen-bond acceptors (Lipinski definition) is 4. The Morgan fingerprint density at radius 2 is 0.787 bits per heavy atom. The summed E-state index contributed by atoms with van der Waals surface area (Å²) in [7, 11) is 0. The molecule has 360 valence electrons. The summed E-state index contributed by atoms with van der Waals surface area (Å²) >= 11 is 0. The molecule has 5 heteroatoms. The molecule has 1 saturated carbocycles. The Hall–Kier alpha value is -9.32. The van der Waals surface area contributed by atoms with Gasteiger partial charge in [0, 0.05) is 73.2 Å². The smallest absolute Gasteiger partial charge is 0.0715 e. The zero-order valence-electron chi connectivity index (χ0n) is 41.8. The molecule has 0 saturated heterocycles. The molecule has 0 amide bonds. The quantitative estimate of drug-likeness (QED) is 0.122. The number of hydrogen-bond donors (Lipinski definition) is 0. The van der Waals surface area contributed by atoms with Crippen LogP contribution in [0.4, 0.5) is 28.4 Å². The molecular formula is C70H55N5. The Bertz CT molecular complexity index is 3870. The maximum atomic E-state index is 5.28. The molecule has 9 aromatic carbocycles. The Morgan fingerprint density at radius 3 is 1.36 bits per heavy atom. The Morgan fingerprint density at radius 1 is 0.320 bits per heavy atom. The van der Waals surface area contributed by atoms with Gasteiger partial charge in [0.05, 0.1) is 33.8 Å². The SMILES string of the molecule is c1ccc(-c2cccc(-c3ccc(-c4cccc(-c5ccccc5)n4)c(-c4ccc(-n5c6ccc(N(c7ccccc7)c7ccccc7)cc6c6cc(N(c7ccccc7)C7CCCCC7)ccc65)cc4)c3)n2)cc1. The van der Waals surface area contributed by atoms with Crippen molar-refractivity contribution in [2.24, 2.45) is 0 Å². The highest BCUT2D eigenvalue weighted by molar-refractivity contribution is 6.12. The monoisotopic (exact) mass is 965 g/mol. The summed E-state index contributed by atoms with van der Waals surface area (Å²) in [6.07, 6.45) is 6.18. The van der Waals surface area contributed by atoms with Crippen molar-refractivity contribution in [1.82, 2.24) is 14.5 Å². The van der Waals surface area contributed by atoms with Gasteiger partial charge in [0.2, 0.25) is 0 Å². The van der Waals surface area contributed by atoms with E-state index in [2.05, 4.69) is 269 Å². The molecule has 3 aromatic heterocycles. The number of nitrogens with zero attached hydrogens (tertiary/aromatic N) is 5. The predicted octanol–water partition coefficient (Wildman–Crippen LogP) is 18.8. The van der Waals surface area contributed by atoms with E-state index < -0.39 is 0 Å². The van der Waals surface area contributed by atoms with Crippen LogP contribution in [-0.4, -0.2) is 20.6 Å². The summed E-state index contributed by atoms with van der Waals surface area (Å²) in [5.74, 6) is 0. The summed E-state index contributed by atoms with van der Waals surface area (Å²) in [6.45, 7) is 0. The number of aromatic nitrogens is 3. The summed E-state index contributed by atoms with van der Waals surface area (Å²) in [6, 6.07) is 96.3. The van der Waals surface area contributed by atoms with Crippen LogP contribution in [0.25, 0.3) is 83.6 Å². The Balaban J connectivity index is 0.970. The van der Waals surface area contributed by atoms with E-state index in [9.17, 15) is 0 Å². The van der Waals surface area contributed by atoms with E-state index in [4.69, 9.17) is 9.97 Å². The maximum absolute atomic E-state index is 5.28. The van der Waals surface area contributed by atoms with Crippen molar-refractivity contribution >= 4 is 50.2 Å². The van der Waals surface area contributed by atoms with Gasteiger partial charge in [-0.05, 0) is 139 Å². The first-order chi connectivity index (χ1) is 37.2. The van der Waals surface area contributed by atoms with Crippen LogP contribution in [0.5, 0.6) is 0 Å². The molecule has 75 heavy (non-hydrogen) atoms. The van der Waals surface area contributed by atoms with E-state index in [1.165, 1.54) is 54.3 Å². The van der Waals surface area contributed by atoms with Gasteiger partial charge in [-0.3, -0.25) is 0 Å². The van der Waals surface area contributed by atoms with E-state index in [1.54, 1.807) is 0 Å². The number of pyridine rings is 2. The van der Waals surface area contributed by atoms with E-state index in [1.807, 2.05) is 12.1 Å². The average Bonchev–Trinajstić information content (AvgIpc) is 3.84. The number of fused-ring (bicyclic) bond motifs is 3. The van der Waals surface area contributed by atoms with Crippen LogP contribution in [0.3, 0.4) is 0 Å². The third-order valence-electron chi connectivity index (χ3n) is 14.9. The lowest BCUT2D eigenvalue weighted by atomic mass is 9.93. The molecule has 0 unspecified atom stereocenters. The van der Waals surface area contributed by atoms with Crippen LogP contribution in [-0.2, 0) is 0 Å². The van der Waals surface area contributed by atoms with Gasteiger partial charge in [-0.15, -0.1) is 0 Å². The zero-order valence-corrected chi connectivity index (χ0v) is 41.8. The van der Waals surface area contributed by atoms with E-state index in [0.717, 1.165) is 89.9 Å². The highest BCUT2D eigenvalue weighted by Gasteiger charge is 2.25. The molecule has 12 aromatic rings. The molecule has 0 radical (unpaired) electrons. The van der Waals surface area contributed by atoms with Gasteiger partial charge in [0.25, 0.3) is 0 Å². The van der Waals surface area contributed by atoms with Crippen LogP contribution in [0.2, 0.25) is 0 Å². The van der Waals surface area contributed by atoms with E-state index in [0.29, 0.717) is 6.04 Å². The number of rotatable bonds is 12. The summed E-state index contributed by atoms with van der Waals surface area (Å²) in [5, 5.41) is 2.42. The minimum Gasteiger partial charge on any atom is -0.338 e. The lowest BCUT2D eigenvalue weighted by Gasteiger charge is -2.36. The Labute approximate surface area is 439 Å². The fourth-order valence-electron chi connectivity index (χ4n) is 11.3. The normalized spacial score (nSPS) is 12.7. The second-order valence-electron chi connectivity index (χ2n) is 19.6. The molecule has 0 aliphatic heterocycles. The minimum absolute atomic E-state index is 0.435.